The van der Waals surface area contributed by atoms with Crippen molar-refractivity contribution in [2.24, 2.45) is 5.92 Å². The van der Waals surface area contributed by atoms with E-state index in [1.54, 1.807) is 0 Å². The summed E-state index contributed by atoms with van der Waals surface area (Å²) >= 11 is 0. The molecule has 1 unspecified atom stereocenters. The Balaban J connectivity index is 2.58. The minimum absolute atomic E-state index is 0.0293. The van der Waals surface area contributed by atoms with Crippen molar-refractivity contribution in [3.05, 3.63) is 0 Å². The van der Waals surface area contributed by atoms with Crippen LogP contribution in [-0.4, -0.2) is 54.2 Å². The summed E-state index contributed by atoms with van der Waals surface area (Å²) in [6, 6.07) is -0.422. The smallest absolute Gasteiger partial charge is 0.329 e. The van der Waals surface area contributed by atoms with Crippen molar-refractivity contribution in [1.82, 2.24) is 15.5 Å². The number of aliphatic carboxylic acids is 1. The van der Waals surface area contributed by atoms with Crippen LogP contribution in [0.15, 0.2) is 0 Å². The third-order valence-electron chi connectivity index (χ3n) is 3.91. The van der Waals surface area contributed by atoms with Crippen molar-refractivity contribution in [2.45, 2.75) is 51.1 Å². The summed E-state index contributed by atoms with van der Waals surface area (Å²) in [7, 11) is 3.86. The van der Waals surface area contributed by atoms with Gasteiger partial charge in [-0.25, -0.2) is 9.59 Å². The Bertz CT molecular complexity index is 350. The number of carbonyl (C=O) groups is 2. The molecule has 1 atom stereocenters. The lowest BCUT2D eigenvalue weighted by atomic mass is 9.77. The average Bonchev–Trinajstić information content (AvgIpc) is 2.30. The first-order chi connectivity index (χ1) is 9.25. The van der Waals surface area contributed by atoms with Crippen molar-refractivity contribution in [3.8, 4) is 0 Å². The van der Waals surface area contributed by atoms with Gasteiger partial charge in [-0.05, 0) is 52.6 Å². The number of rotatable bonds is 5. The zero-order valence-corrected chi connectivity index (χ0v) is 12.9. The molecule has 1 aliphatic carbocycles. The van der Waals surface area contributed by atoms with Gasteiger partial charge in [0.15, 0.2) is 0 Å². The normalized spacial score (nSPS) is 27.9. The maximum atomic E-state index is 12.0. The first-order valence-corrected chi connectivity index (χ1v) is 7.22. The molecule has 0 spiro atoms. The SMILES string of the molecule is CC1CCC(NC(=O)NC(C)CN(C)C)(C(=O)O)CC1. The number of urea groups is 1. The quantitative estimate of drug-likeness (QED) is 0.710. The molecule has 1 saturated carbocycles. The highest BCUT2D eigenvalue weighted by Crippen LogP contribution is 2.32. The fourth-order valence-corrected chi connectivity index (χ4v) is 2.72. The molecule has 6 heteroatoms. The van der Waals surface area contributed by atoms with Gasteiger partial charge in [-0.2, -0.15) is 0 Å². The van der Waals surface area contributed by atoms with Crippen LogP contribution in [0.4, 0.5) is 4.79 Å². The van der Waals surface area contributed by atoms with E-state index in [1.807, 2.05) is 25.9 Å². The van der Waals surface area contributed by atoms with Crippen LogP contribution in [0, 0.1) is 5.92 Å². The van der Waals surface area contributed by atoms with E-state index in [-0.39, 0.29) is 6.04 Å². The van der Waals surface area contributed by atoms with Gasteiger partial charge in [0.25, 0.3) is 0 Å². The summed E-state index contributed by atoms with van der Waals surface area (Å²) in [5, 5.41) is 14.9. The minimum atomic E-state index is -1.10. The average molecular weight is 285 g/mol. The van der Waals surface area contributed by atoms with Gasteiger partial charge in [0.1, 0.15) is 5.54 Å². The van der Waals surface area contributed by atoms with Crippen molar-refractivity contribution in [3.63, 3.8) is 0 Å². The Morgan fingerprint density at radius 2 is 1.90 bits per heavy atom. The highest BCUT2D eigenvalue weighted by atomic mass is 16.4. The second-order valence-electron chi connectivity index (χ2n) is 6.33. The first-order valence-electron chi connectivity index (χ1n) is 7.22. The highest BCUT2D eigenvalue weighted by Gasteiger charge is 2.42. The van der Waals surface area contributed by atoms with Crippen LogP contribution >= 0.6 is 0 Å². The third-order valence-corrected chi connectivity index (χ3v) is 3.91. The second-order valence-corrected chi connectivity index (χ2v) is 6.33. The second kappa shape index (κ2) is 6.92. The van der Waals surface area contributed by atoms with Gasteiger partial charge in [-0.15, -0.1) is 0 Å². The molecule has 0 aromatic rings. The maximum Gasteiger partial charge on any atom is 0.329 e. The molecule has 3 N–H and O–H groups in total. The zero-order chi connectivity index (χ0) is 15.3. The maximum absolute atomic E-state index is 12.0. The summed E-state index contributed by atoms with van der Waals surface area (Å²) in [6.45, 7) is 4.73. The molecule has 1 fully saturated rings. The van der Waals surface area contributed by atoms with E-state index in [0.29, 0.717) is 25.3 Å². The number of likely N-dealkylation sites (N-methyl/N-ethyl adjacent to an activating group) is 1. The van der Waals surface area contributed by atoms with E-state index in [2.05, 4.69) is 17.6 Å². The van der Waals surface area contributed by atoms with E-state index in [9.17, 15) is 14.7 Å². The molecule has 0 saturated heterocycles. The molecule has 1 rings (SSSR count). The molecule has 6 nitrogen and oxygen atoms in total. The summed E-state index contributed by atoms with van der Waals surface area (Å²) in [6.07, 6.45) is 2.66. The molecule has 116 valence electrons. The van der Waals surface area contributed by atoms with E-state index in [0.717, 1.165) is 12.8 Å². The molecule has 0 aromatic carbocycles. The molecule has 2 amide bonds. The van der Waals surface area contributed by atoms with Gasteiger partial charge in [0.2, 0.25) is 0 Å². The molecular formula is C14H27N3O3. The molecule has 20 heavy (non-hydrogen) atoms. The summed E-state index contributed by atoms with van der Waals surface area (Å²) < 4.78 is 0. The van der Waals surface area contributed by atoms with Gasteiger partial charge >= 0.3 is 12.0 Å². The Morgan fingerprint density at radius 3 is 2.35 bits per heavy atom. The van der Waals surface area contributed by atoms with Crippen LogP contribution in [0.5, 0.6) is 0 Å². The van der Waals surface area contributed by atoms with Gasteiger partial charge in [-0.1, -0.05) is 6.92 Å². The standard InChI is InChI=1S/C14H27N3O3/c1-10-5-7-14(8-6-10,12(18)19)16-13(20)15-11(2)9-17(3)4/h10-11H,5-9H2,1-4H3,(H,18,19)(H2,15,16,20). The van der Waals surface area contributed by atoms with Gasteiger partial charge in [-0.3, -0.25) is 0 Å². The lowest BCUT2D eigenvalue weighted by Crippen LogP contribution is -2.60. The van der Waals surface area contributed by atoms with E-state index in [1.165, 1.54) is 0 Å². The molecule has 1 aliphatic rings. The fraction of sp³-hybridized carbons (Fsp3) is 0.857. The molecule has 0 aliphatic heterocycles. The number of amides is 2. The predicted molar refractivity (Wildman–Crippen MR) is 77.7 cm³/mol. The van der Waals surface area contributed by atoms with Crippen LogP contribution in [0.1, 0.15) is 39.5 Å². The number of nitrogens with one attached hydrogen (secondary N) is 2. The lowest BCUT2D eigenvalue weighted by Gasteiger charge is -2.36. The monoisotopic (exact) mass is 285 g/mol. The number of carboxylic acid groups (broad SMARTS) is 1. The fourth-order valence-electron chi connectivity index (χ4n) is 2.72. The predicted octanol–water partition coefficient (Wildman–Crippen LogP) is 1.27. The lowest BCUT2D eigenvalue weighted by molar-refractivity contribution is -0.146. The summed E-state index contributed by atoms with van der Waals surface area (Å²) in [5.41, 5.74) is -1.10. The van der Waals surface area contributed by atoms with Crippen LogP contribution in [0.3, 0.4) is 0 Å². The first kappa shape index (κ1) is 16.8. The van der Waals surface area contributed by atoms with Gasteiger partial charge in [0.05, 0.1) is 0 Å². The Kier molecular flexibility index (Phi) is 5.80. The number of hydrogen-bond acceptors (Lipinski definition) is 3. The Hall–Kier alpha value is -1.30. The highest BCUT2D eigenvalue weighted by molar-refractivity contribution is 5.86. The molecule has 0 radical (unpaired) electrons. The van der Waals surface area contributed by atoms with Crippen molar-refractivity contribution < 1.29 is 14.7 Å². The minimum Gasteiger partial charge on any atom is -0.480 e. The molecule has 0 heterocycles. The molecule has 0 bridgehead atoms. The van der Waals surface area contributed by atoms with Crippen molar-refractivity contribution in [2.75, 3.05) is 20.6 Å². The number of hydrogen-bond donors (Lipinski definition) is 3. The molecular weight excluding hydrogens is 258 g/mol. The van der Waals surface area contributed by atoms with E-state index in [4.69, 9.17) is 0 Å². The summed E-state index contributed by atoms with van der Waals surface area (Å²) in [5.74, 6) is -0.403. The molecule has 0 aromatic heterocycles. The van der Waals surface area contributed by atoms with Gasteiger partial charge in [0, 0.05) is 12.6 Å². The van der Waals surface area contributed by atoms with Crippen molar-refractivity contribution in [1.29, 1.82) is 0 Å². The summed E-state index contributed by atoms with van der Waals surface area (Å²) in [4.78, 5) is 25.5. The topological polar surface area (TPSA) is 81.7 Å². The van der Waals surface area contributed by atoms with Crippen LogP contribution in [-0.2, 0) is 4.79 Å². The number of nitrogens with zero attached hydrogens (tertiary/aromatic N) is 1. The number of carboxylic acids is 1. The van der Waals surface area contributed by atoms with Crippen LogP contribution in [0.25, 0.3) is 0 Å². The van der Waals surface area contributed by atoms with E-state index >= 15 is 0 Å². The van der Waals surface area contributed by atoms with E-state index < -0.39 is 17.5 Å². The van der Waals surface area contributed by atoms with Crippen LogP contribution < -0.4 is 10.6 Å². The Labute approximate surface area is 120 Å². The Morgan fingerprint density at radius 1 is 1.35 bits per heavy atom. The third kappa shape index (κ3) is 4.67. The zero-order valence-electron chi connectivity index (χ0n) is 12.9. The van der Waals surface area contributed by atoms with Gasteiger partial charge < -0.3 is 20.6 Å². The largest absolute Gasteiger partial charge is 0.480 e. The van der Waals surface area contributed by atoms with Crippen LogP contribution in [0.2, 0.25) is 0 Å². The number of carbonyl (C=O) groups excluding carboxylic acids is 1. The van der Waals surface area contributed by atoms with Crippen molar-refractivity contribution >= 4 is 12.0 Å².